The Kier molecular flexibility index (Phi) is 6.58. The molecule has 0 aliphatic carbocycles. The third kappa shape index (κ3) is 5.14. The average molecular weight is 449 g/mol. The third-order valence-electron chi connectivity index (χ3n) is 3.88. The highest BCUT2D eigenvalue weighted by Gasteiger charge is 2.09. The van der Waals surface area contributed by atoms with Gasteiger partial charge in [-0.25, -0.2) is 9.37 Å². The summed E-state index contributed by atoms with van der Waals surface area (Å²) >= 11 is 4.50. The minimum Gasteiger partial charge on any atom is -0.489 e. The lowest BCUT2D eigenvalue weighted by Crippen LogP contribution is -2.11. The van der Waals surface area contributed by atoms with Crippen LogP contribution < -0.4 is 10.1 Å². The maximum absolute atomic E-state index is 12.8. The van der Waals surface area contributed by atoms with Crippen LogP contribution in [0.15, 0.2) is 47.8 Å². The van der Waals surface area contributed by atoms with Crippen LogP contribution >= 0.6 is 27.3 Å². The van der Waals surface area contributed by atoms with E-state index in [9.17, 15) is 9.18 Å². The molecule has 1 N–H and O–H groups in total. The Hall–Kier alpha value is -2.25. The lowest BCUT2D eigenvalue weighted by Gasteiger charge is -2.11. The second-order valence-corrected chi connectivity index (χ2v) is 7.36. The summed E-state index contributed by atoms with van der Waals surface area (Å²) in [6.45, 7) is 1.87. The Balaban J connectivity index is 1.69. The van der Waals surface area contributed by atoms with Crippen molar-refractivity contribution in [1.82, 2.24) is 4.98 Å². The number of rotatable bonds is 7. The minimum atomic E-state index is -0.479. The van der Waals surface area contributed by atoms with Crippen molar-refractivity contribution in [2.75, 3.05) is 10.6 Å². The molecule has 7 heteroatoms. The van der Waals surface area contributed by atoms with Crippen molar-refractivity contribution in [3.63, 3.8) is 0 Å². The summed E-state index contributed by atoms with van der Waals surface area (Å²) in [5.74, 6) is 0.639. The van der Waals surface area contributed by atoms with E-state index < -0.39 is 6.67 Å². The molecule has 0 saturated heterocycles. The van der Waals surface area contributed by atoms with E-state index >= 15 is 0 Å². The standard InChI is InChI=1S/C20H18BrFN2O2S/c1-13-7-16(17-12-27-20(23-17)24-19(25)9-21)5-6-18(13)26-11-15-4-2-3-14(8-15)10-22/h2-8,12H,9-11H2,1H3,(H,23,24,25). The van der Waals surface area contributed by atoms with Gasteiger partial charge in [0.15, 0.2) is 5.13 Å². The Morgan fingerprint density at radius 2 is 2.07 bits per heavy atom. The summed E-state index contributed by atoms with van der Waals surface area (Å²) in [6, 6.07) is 13.1. The molecule has 0 radical (unpaired) electrons. The molecule has 4 nitrogen and oxygen atoms in total. The Bertz CT molecular complexity index is 945. The van der Waals surface area contributed by atoms with Crippen molar-refractivity contribution in [2.45, 2.75) is 20.2 Å². The molecule has 0 atom stereocenters. The molecule has 0 aliphatic heterocycles. The number of nitrogens with one attached hydrogen (secondary N) is 1. The number of aromatic nitrogens is 1. The number of carbonyl (C=O) groups is 1. The van der Waals surface area contributed by atoms with Crippen LogP contribution in [0, 0.1) is 6.92 Å². The maximum Gasteiger partial charge on any atom is 0.236 e. The number of halogens is 2. The van der Waals surface area contributed by atoms with Crippen LogP contribution in [0.25, 0.3) is 11.3 Å². The number of alkyl halides is 2. The second kappa shape index (κ2) is 9.10. The number of hydrogen-bond donors (Lipinski definition) is 1. The van der Waals surface area contributed by atoms with Gasteiger partial charge in [0.25, 0.3) is 0 Å². The zero-order valence-corrected chi connectivity index (χ0v) is 17.1. The van der Waals surface area contributed by atoms with Crippen molar-refractivity contribution in [3.05, 3.63) is 64.5 Å². The Morgan fingerprint density at radius 3 is 2.81 bits per heavy atom. The predicted molar refractivity (Wildman–Crippen MR) is 110 cm³/mol. The van der Waals surface area contributed by atoms with Crippen molar-refractivity contribution < 1.29 is 13.9 Å². The molecular formula is C20H18BrFN2O2S. The number of benzene rings is 2. The van der Waals surface area contributed by atoms with Gasteiger partial charge in [-0.1, -0.05) is 34.1 Å². The summed E-state index contributed by atoms with van der Waals surface area (Å²) in [5, 5.41) is 5.44. The first-order chi connectivity index (χ1) is 13.1. The van der Waals surface area contributed by atoms with Gasteiger partial charge in [0, 0.05) is 10.9 Å². The van der Waals surface area contributed by atoms with Crippen LogP contribution in [0.4, 0.5) is 9.52 Å². The molecule has 0 unspecified atom stereocenters. The number of ether oxygens (including phenoxy) is 1. The van der Waals surface area contributed by atoms with Crippen molar-refractivity contribution in [1.29, 1.82) is 0 Å². The summed E-state index contributed by atoms with van der Waals surface area (Å²) in [5.41, 5.74) is 4.31. The van der Waals surface area contributed by atoms with E-state index in [2.05, 4.69) is 26.2 Å². The zero-order chi connectivity index (χ0) is 19.2. The van der Waals surface area contributed by atoms with Gasteiger partial charge in [-0.15, -0.1) is 11.3 Å². The number of amides is 1. The van der Waals surface area contributed by atoms with Gasteiger partial charge in [-0.3, -0.25) is 4.79 Å². The molecule has 3 aromatic rings. The predicted octanol–water partition coefficient (Wildman–Crippen LogP) is 5.50. The highest BCUT2D eigenvalue weighted by molar-refractivity contribution is 9.09. The van der Waals surface area contributed by atoms with E-state index in [4.69, 9.17) is 4.74 Å². The van der Waals surface area contributed by atoms with E-state index in [0.29, 0.717) is 17.3 Å². The van der Waals surface area contributed by atoms with Gasteiger partial charge in [0.2, 0.25) is 5.91 Å². The number of thiazole rings is 1. The van der Waals surface area contributed by atoms with Crippen LogP contribution in [0.2, 0.25) is 0 Å². The molecule has 3 rings (SSSR count). The summed E-state index contributed by atoms with van der Waals surface area (Å²) in [6.07, 6.45) is 0. The number of carbonyl (C=O) groups excluding carboxylic acids is 1. The largest absolute Gasteiger partial charge is 0.489 e. The summed E-state index contributed by atoms with van der Waals surface area (Å²) in [4.78, 5) is 15.9. The van der Waals surface area contributed by atoms with Gasteiger partial charge in [-0.2, -0.15) is 0 Å². The molecule has 0 aliphatic rings. The van der Waals surface area contributed by atoms with Crippen molar-refractivity contribution >= 4 is 38.3 Å². The normalized spacial score (nSPS) is 10.6. The van der Waals surface area contributed by atoms with E-state index in [1.807, 2.05) is 48.7 Å². The number of anilines is 1. The quantitative estimate of drug-likeness (QED) is 0.485. The number of hydrogen-bond acceptors (Lipinski definition) is 4. The van der Waals surface area contributed by atoms with Crippen LogP contribution in [-0.2, 0) is 18.1 Å². The van der Waals surface area contributed by atoms with Gasteiger partial charge in [0.05, 0.1) is 11.0 Å². The maximum atomic E-state index is 12.8. The fourth-order valence-electron chi connectivity index (χ4n) is 2.55. The molecule has 0 spiro atoms. The van der Waals surface area contributed by atoms with Crippen LogP contribution in [0.3, 0.4) is 0 Å². The smallest absolute Gasteiger partial charge is 0.236 e. The second-order valence-electron chi connectivity index (χ2n) is 5.94. The molecule has 1 amide bonds. The highest BCUT2D eigenvalue weighted by Crippen LogP contribution is 2.29. The van der Waals surface area contributed by atoms with Crippen LogP contribution in [-0.4, -0.2) is 16.2 Å². The lowest BCUT2D eigenvalue weighted by molar-refractivity contribution is -0.113. The van der Waals surface area contributed by atoms with Crippen LogP contribution in [0.1, 0.15) is 16.7 Å². The van der Waals surface area contributed by atoms with Crippen molar-refractivity contribution in [3.8, 4) is 17.0 Å². The van der Waals surface area contributed by atoms with Gasteiger partial charge in [0.1, 0.15) is 19.0 Å². The average Bonchev–Trinajstić information content (AvgIpc) is 3.15. The molecule has 27 heavy (non-hydrogen) atoms. The van der Waals surface area contributed by atoms with E-state index in [-0.39, 0.29) is 11.2 Å². The fraction of sp³-hybridized carbons (Fsp3) is 0.200. The van der Waals surface area contributed by atoms with E-state index in [1.165, 1.54) is 11.3 Å². The van der Waals surface area contributed by atoms with Crippen LogP contribution in [0.5, 0.6) is 5.75 Å². The molecule has 0 bridgehead atoms. The Labute approximate surface area is 169 Å². The minimum absolute atomic E-state index is 0.132. The first kappa shape index (κ1) is 19.5. The first-order valence-corrected chi connectivity index (χ1v) is 10.3. The molecule has 140 valence electrons. The summed E-state index contributed by atoms with van der Waals surface area (Å²) < 4.78 is 18.6. The fourth-order valence-corrected chi connectivity index (χ4v) is 3.43. The Morgan fingerprint density at radius 1 is 1.26 bits per heavy atom. The molecule has 1 aromatic heterocycles. The first-order valence-electron chi connectivity index (χ1n) is 8.28. The lowest BCUT2D eigenvalue weighted by atomic mass is 10.1. The molecule has 2 aromatic carbocycles. The molecule has 1 heterocycles. The molecule has 0 fully saturated rings. The number of aryl methyl sites for hydroxylation is 1. The zero-order valence-electron chi connectivity index (χ0n) is 14.7. The van der Waals surface area contributed by atoms with Crippen molar-refractivity contribution in [2.24, 2.45) is 0 Å². The monoisotopic (exact) mass is 448 g/mol. The molecule has 0 saturated carbocycles. The van der Waals surface area contributed by atoms with E-state index in [0.717, 1.165) is 28.1 Å². The topological polar surface area (TPSA) is 51.2 Å². The number of nitrogens with zero attached hydrogens (tertiary/aromatic N) is 1. The molecular weight excluding hydrogens is 431 g/mol. The summed E-state index contributed by atoms with van der Waals surface area (Å²) in [7, 11) is 0. The van der Waals surface area contributed by atoms with Gasteiger partial charge in [-0.05, 0) is 47.9 Å². The highest BCUT2D eigenvalue weighted by atomic mass is 79.9. The SMILES string of the molecule is Cc1cc(-c2csc(NC(=O)CBr)n2)ccc1OCc1cccc(CF)c1. The van der Waals surface area contributed by atoms with Gasteiger partial charge >= 0.3 is 0 Å². The van der Waals surface area contributed by atoms with E-state index in [1.54, 1.807) is 6.07 Å². The third-order valence-corrected chi connectivity index (χ3v) is 5.15. The van der Waals surface area contributed by atoms with Gasteiger partial charge < -0.3 is 10.1 Å².